The molecule has 0 radical (unpaired) electrons. The molecule has 1 amide bonds. The van der Waals surface area contributed by atoms with Crippen LogP contribution in [0.15, 0.2) is 24.3 Å². The van der Waals surface area contributed by atoms with E-state index in [1.165, 1.54) is 0 Å². The van der Waals surface area contributed by atoms with E-state index in [-0.39, 0.29) is 18.6 Å². The van der Waals surface area contributed by atoms with Gasteiger partial charge in [-0.05, 0) is 11.1 Å². The Morgan fingerprint density at radius 2 is 2.25 bits per heavy atom. The van der Waals surface area contributed by atoms with Gasteiger partial charge in [-0.1, -0.05) is 24.3 Å². The minimum Gasteiger partial charge on any atom is -0.394 e. The number of nitrogens with two attached hydrogens (primary N) is 1. The molecule has 1 aromatic carbocycles. The Bertz CT molecular complexity index is 392. The van der Waals surface area contributed by atoms with Crippen LogP contribution in [-0.4, -0.2) is 29.1 Å². The molecule has 0 bridgehead atoms. The van der Waals surface area contributed by atoms with E-state index in [0.717, 1.165) is 11.1 Å². The van der Waals surface area contributed by atoms with E-state index in [2.05, 4.69) is 0 Å². The van der Waals surface area contributed by atoms with Gasteiger partial charge >= 0.3 is 0 Å². The fourth-order valence-corrected chi connectivity index (χ4v) is 2.19. The van der Waals surface area contributed by atoms with Crippen molar-refractivity contribution in [3.8, 4) is 0 Å². The Hall–Kier alpha value is -1.39. The summed E-state index contributed by atoms with van der Waals surface area (Å²) in [6.45, 7) is 0.900. The number of rotatable bonds is 3. The smallest absolute Gasteiger partial charge is 0.224 e. The van der Waals surface area contributed by atoms with Crippen molar-refractivity contribution in [2.75, 3.05) is 13.2 Å². The number of hydrogen-bond donors (Lipinski definition) is 2. The summed E-state index contributed by atoms with van der Waals surface area (Å²) in [6.07, 6.45) is 0.338. The van der Waals surface area contributed by atoms with E-state index in [9.17, 15) is 9.90 Å². The average molecular weight is 220 g/mol. The molecule has 3 N–H and O–H groups in total. The lowest BCUT2D eigenvalue weighted by molar-refractivity contribution is -0.134. The number of nitrogens with zero attached hydrogens (tertiary/aromatic N) is 1. The molecule has 0 aliphatic carbocycles. The summed E-state index contributed by atoms with van der Waals surface area (Å²) in [5, 5.41) is 9.38. The van der Waals surface area contributed by atoms with Gasteiger partial charge in [0.05, 0.1) is 12.6 Å². The molecule has 1 aromatic rings. The fraction of sp³-hybridized carbons (Fsp3) is 0.417. The molecule has 0 saturated heterocycles. The first-order chi connectivity index (χ1) is 7.77. The molecular formula is C12H16N2O2. The topological polar surface area (TPSA) is 66.6 Å². The summed E-state index contributed by atoms with van der Waals surface area (Å²) in [4.78, 5) is 13.5. The van der Waals surface area contributed by atoms with Crippen molar-refractivity contribution in [1.82, 2.24) is 4.90 Å². The van der Waals surface area contributed by atoms with E-state index < -0.39 is 0 Å². The van der Waals surface area contributed by atoms with E-state index in [1.807, 2.05) is 24.3 Å². The zero-order valence-electron chi connectivity index (χ0n) is 9.10. The highest BCUT2D eigenvalue weighted by Gasteiger charge is 2.31. The molecule has 0 spiro atoms. The molecular weight excluding hydrogens is 204 g/mol. The number of carbonyl (C=O) groups is 1. The Morgan fingerprint density at radius 3 is 2.94 bits per heavy atom. The highest BCUT2D eigenvalue weighted by Crippen LogP contribution is 2.33. The van der Waals surface area contributed by atoms with Crippen LogP contribution in [0.3, 0.4) is 0 Å². The van der Waals surface area contributed by atoms with E-state index in [0.29, 0.717) is 19.5 Å². The highest BCUT2D eigenvalue weighted by molar-refractivity contribution is 5.77. The third-order valence-corrected chi connectivity index (χ3v) is 2.98. The van der Waals surface area contributed by atoms with Gasteiger partial charge in [-0.3, -0.25) is 4.79 Å². The van der Waals surface area contributed by atoms with Crippen LogP contribution in [-0.2, 0) is 11.3 Å². The van der Waals surface area contributed by atoms with Gasteiger partial charge in [0.15, 0.2) is 0 Å². The predicted octanol–water partition coefficient (Wildman–Crippen LogP) is 0.411. The average Bonchev–Trinajstić information content (AvgIpc) is 2.67. The maximum atomic E-state index is 11.8. The van der Waals surface area contributed by atoms with Crippen molar-refractivity contribution in [3.05, 3.63) is 35.4 Å². The molecule has 0 fully saturated rings. The van der Waals surface area contributed by atoms with Crippen LogP contribution < -0.4 is 5.73 Å². The number of fused-ring (bicyclic) bond motifs is 1. The number of amides is 1. The normalized spacial score (nSPS) is 18.6. The molecule has 86 valence electrons. The van der Waals surface area contributed by atoms with Gasteiger partial charge in [-0.15, -0.1) is 0 Å². The van der Waals surface area contributed by atoms with Crippen LogP contribution >= 0.6 is 0 Å². The molecule has 4 heteroatoms. The number of aliphatic hydroxyl groups excluding tert-OH is 1. The quantitative estimate of drug-likeness (QED) is 0.775. The van der Waals surface area contributed by atoms with Gasteiger partial charge in [0.25, 0.3) is 0 Å². The number of benzene rings is 1. The van der Waals surface area contributed by atoms with Gasteiger partial charge in [0, 0.05) is 19.5 Å². The van der Waals surface area contributed by atoms with E-state index >= 15 is 0 Å². The Labute approximate surface area is 94.7 Å². The van der Waals surface area contributed by atoms with Crippen molar-refractivity contribution in [1.29, 1.82) is 0 Å². The summed E-state index contributed by atoms with van der Waals surface area (Å²) in [5.41, 5.74) is 7.55. The van der Waals surface area contributed by atoms with Crippen molar-refractivity contribution < 1.29 is 9.90 Å². The van der Waals surface area contributed by atoms with Crippen molar-refractivity contribution in [3.63, 3.8) is 0 Å². The number of hydrogen-bond acceptors (Lipinski definition) is 3. The van der Waals surface area contributed by atoms with E-state index in [1.54, 1.807) is 4.90 Å². The monoisotopic (exact) mass is 220 g/mol. The lowest BCUT2D eigenvalue weighted by atomic mass is 10.1. The van der Waals surface area contributed by atoms with Crippen LogP contribution in [0.4, 0.5) is 0 Å². The first-order valence-corrected chi connectivity index (χ1v) is 5.46. The van der Waals surface area contributed by atoms with Crippen molar-refractivity contribution in [2.45, 2.75) is 19.0 Å². The number of carbonyl (C=O) groups excluding carboxylic acids is 1. The zero-order valence-corrected chi connectivity index (χ0v) is 9.10. The maximum Gasteiger partial charge on any atom is 0.224 e. The molecule has 1 aliphatic heterocycles. The second kappa shape index (κ2) is 4.63. The molecule has 16 heavy (non-hydrogen) atoms. The molecule has 4 nitrogen and oxygen atoms in total. The SMILES string of the molecule is NCCC(=O)N1Cc2ccccc2C1CO. The molecule has 1 unspecified atom stereocenters. The predicted molar refractivity (Wildman–Crippen MR) is 60.5 cm³/mol. The lowest BCUT2D eigenvalue weighted by Crippen LogP contribution is -2.32. The van der Waals surface area contributed by atoms with Crippen molar-refractivity contribution in [2.24, 2.45) is 5.73 Å². The molecule has 0 saturated carbocycles. The molecule has 2 rings (SSSR count). The van der Waals surface area contributed by atoms with E-state index in [4.69, 9.17) is 5.73 Å². The lowest BCUT2D eigenvalue weighted by Gasteiger charge is -2.23. The van der Waals surface area contributed by atoms with Crippen LogP contribution in [0.1, 0.15) is 23.6 Å². The van der Waals surface area contributed by atoms with Crippen LogP contribution in [0.25, 0.3) is 0 Å². The van der Waals surface area contributed by atoms with Gasteiger partial charge in [0.1, 0.15) is 0 Å². The first kappa shape index (κ1) is 11.1. The largest absolute Gasteiger partial charge is 0.394 e. The zero-order chi connectivity index (χ0) is 11.5. The second-order valence-electron chi connectivity index (χ2n) is 3.96. The number of aliphatic hydroxyl groups is 1. The summed E-state index contributed by atoms with van der Waals surface area (Å²) >= 11 is 0. The molecule has 1 heterocycles. The summed E-state index contributed by atoms with van der Waals surface area (Å²) < 4.78 is 0. The Morgan fingerprint density at radius 1 is 1.50 bits per heavy atom. The fourth-order valence-electron chi connectivity index (χ4n) is 2.19. The second-order valence-corrected chi connectivity index (χ2v) is 3.96. The van der Waals surface area contributed by atoms with Crippen LogP contribution in [0.2, 0.25) is 0 Å². The standard InChI is InChI=1S/C12H16N2O2/c13-6-5-12(16)14-7-9-3-1-2-4-10(9)11(14)8-15/h1-4,11,15H,5-8,13H2. The molecule has 1 aliphatic rings. The Balaban J connectivity index is 2.24. The maximum absolute atomic E-state index is 11.8. The third kappa shape index (κ3) is 1.81. The third-order valence-electron chi connectivity index (χ3n) is 2.98. The van der Waals surface area contributed by atoms with Gasteiger partial charge in [0.2, 0.25) is 5.91 Å². The highest BCUT2D eigenvalue weighted by atomic mass is 16.3. The van der Waals surface area contributed by atoms with Gasteiger partial charge in [-0.2, -0.15) is 0 Å². The molecule has 0 aromatic heterocycles. The minimum absolute atomic E-state index is 0.0118. The molecule has 1 atom stereocenters. The minimum atomic E-state index is -0.199. The van der Waals surface area contributed by atoms with Crippen LogP contribution in [0.5, 0.6) is 0 Å². The van der Waals surface area contributed by atoms with Gasteiger partial charge < -0.3 is 15.7 Å². The van der Waals surface area contributed by atoms with Gasteiger partial charge in [-0.25, -0.2) is 0 Å². The summed E-state index contributed by atoms with van der Waals surface area (Å²) in [6, 6.07) is 7.64. The first-order valence-electron chi connectivity index (χ1n) is 5.46. The summed E-state index contributed by atoms with van der Waals surface area (Å²) in [5.74, 6) is 0.0118. The van der Waals surface area contributed by atoms with Crippen molar-refractivity contribution >= 4 is 5.91 Å². The van der Waals surface area contributed by atoms with Crippen LogP contribution in [0, 0.1) is 0 Å². The Kier molecular flexibility index (Phi) is 3.22. The summed E-state index contributed by atoms with van der Waals surface area (Å²) in [7, 11) is 0.